The second-order valence-corrected chi connectivity index (χ2v) is 10.5. The number of rotatable bonds is 3. The summed E-state index contributed by atoms with van der Waals surface area (Å²) in [5, 5.41) is 16.3. The van der Waals surface area contributed by atoms with Gasteiger partial charge in [-0.1, -0.05) is 66.2 Å². The molecule has 0 amide bonds. The molecule has 210 valence electrons. The lowest BCUT2D eigenvalue weighted by Crippen LogP contribution is -2.16. The third-order valence-corrected chi connectivity index (χ3v) is 7.90. The van der Waals surface area contributed by atoms with Crippen LogP contribution in [0.15, 0.2) is 107 Å². The lowest BCUT2D eigenvalue weighted by Gasteiger charge is -2.09. The monoisotopic (exact) mass is 580 g/mol. The summed E-state index contributed by atoms with van der Waals surface area (Å²) >= 11 is 0. The maximum Gasteiger partial charge on any atom is 0.573 e. The highest BCUT2D eigenvalue weighted by atomic mass is 19.4. The van der Waals surface area contributed by atoms with Gasteiger partial charge < -0.3 is 4.74 Å². The van der Waals surface area contributed by atoms with E-state index >= 15 is 0 Å². The first kappa shape index (κ1) is 26.9. The molecular formula is C36H19F3N4O. The van der Waals surface area contributed by atoms with Crippen LogP contribution in [0.4, 0.5) is 13.2 Å². The topological polar surface area (TPSA) is 42.7 Å². The standard InChI is InChI=1S/C36H19F3N4O/c1-20-4-6-21(7-5-20)23-10-14-26-28-18-33-29(19-32(28)34(42-40-2)30(26)16-23)27-15-11-24(17-31(27)35(33)43-41-3)22-8-12-25(13-9-22)44-36(37,38)39/h4-19H,1H3/b42-34+,43-35-. The maximum atomic E-state index is 12.6. The summed E-state index contributed by atoms with van der Waals surface area (Å²) in [6, 6.07) is 29.8. The zero-order valence-electron chi connectivity index (χ0n) is 23.1. The van der Waals surface area contributed by atoms with Gasteiger partial charge in [0.2, 0.25) is 0 Å². The normalized spacial score (nSPS) is 12.8. The number of alkyl halides is 3. The molecule has 8 heteroatoms. The van der Waals surface area contributed by atoms with Gasteiger partial charge in [0.05, 0.1) is 10.2 Å². The van der Waals surface area contributed by atoms with E-state index in [2.05, 4.69) is 61.2 Å². The second-order valence-electron chi connectivity index (χ2n) is 10.5. The molecule has 0 atom stereocenters. The summed E-state index contributed by atoms with van der Waals surface area (Å²) in [4.78, 5) is 6.73. The van der Waals surface area contributed by atoms with Crippen molar-refractivity contribution in [3.8, 4) is 28.0 Å². The first-order chi connectivity index (χ1) is 21.2. The maximum absolute atomic E-state index is 12.6. The van der Waals surface area contributed by atoms with Gasteiger partial charge in [0.25, 0.3) is 0 Å². The lowest BCUT2D eigenvalue weighted by atomic mass is 10.0. The number of hydrogen-bond donors (Lipinski definition) is 0. The van der Waals surface area contributed by atoms with Crippen molar-refractivity contribution < 1.29 is 17.9 Å². The Hall–Kier alpha value is -5.99. The Kier molecular flexibility index (Phi) is 6.16. The average Bonchev–Trinajstić information content (AvgIpc) is 3.47. The SMILES string of the molecule is [C-]#[N+]/N=c1/c2cc(-c3ccc(OC(F)(F)F)cc3)ccc2c2cc3/c(=N/[N+]#[C-])c4cc(-c5ccc(C)cc5)ccc4c3cc12. The zero-order chi connectivity index (χ0) is 30.6. The van der Waals surface area contributed by atoms with Crippen LogP contribution >= 0.6 is 0 Å². The summed E-state index contributed by atoms with van der Waals surface area (Å²) in [7, 11) is 0. The van der Waals surface area contributed by atoms with E-state index in [1.807, 2.05) is 43.3 Å². The van der Waals surface area contributed by atoms with E-state index in [9.17, 15) is 13.2 Å². The predicted molar refractivity (Wildman–Crippen MR) is 165 cm³/mol. The smallest absolute Gasteiger partial charge is 0.406 e. The minimum atomic E-state index is -4.77. The zero-order valence-corrected chi connectivity index (χ0v) is 23.1. The van der Waals surface area contributed by atoms with Crippen molar-refractivity contribution in [2.75, 3.05) is 0 Å². The molecular weight excluding hydrogens is 561 g/mol. The Morgan fingerprint density at radius 3 is 1.36 bits per heavy atom. The fourth-order valence-electron chi connectivity index (χ4n) is 5.95. The van der Waals surface area contributed by atoms with Crippen LogP contribution in [0.1, 0.15) is 5.56 Å². The highest BCUT2D eigenvalue weighted by molar-refractivity contribution is 6.21. The summed E-state index contributed by atoms with van der Waals surface area (Å²) in [5.41, 5.74) is 4.70. The minimum Gasteiger partial charge on any atom is -0.406 e. The van der Waals surface area contributed by atoms with Gasteiger partial charge in [-0.2, -0.15) is 13.1 Å². The average molecular weight is 581 g/mol. The molecule has 7 rings (SSSR count). The molecule has 7 aromatic carbocycles. The van der Waals surface area contributed by atoms with E-state index in [1.54, 1.807) is 12.1 Å². The number of benzene rings is 5. The summed E-state index contributed by atoms with van der Waals surface area (Å²) < 4.78 is 41.8. The van der Waals surface area contributed by atoms with Crippen LogP contribution < -0.4 is 15.5 Å². The number of hydrogen-bond acceptors (Lipinski definition) is 3. The fraction of sp³-hybridized carbons (Fsp3) is 0.0556. The molecule has 0 N–H and O–H groups in total. The molecule has 5 nitrogen and oxygen atoms in total. The van der Waals surface area contributed by atoms with Crippen LogP contribution in [0.2, 0.25) is 0 Å². The van der Waals surface area contributed by atoms with E-state index in [4.69, 9.17) is 13.1 Å². The highest BCUT2D eigenvalue weighted by Gasteiger charge is 2.31. The quantitative estimate of drug-likeness (QED) is 0.152. The molecule has 0 fully saturated rings. The van der Waals surface area contributed by atoms with Gasteiger partial charge in [0, 0.05) is 21.5 Å². The summed E-state index contributed by atoms with van der Waals surface area (Å²) in [6.45, 7) is 17.1. The molecule has 0 saturated heterocycles. The van der Waals surface area contributed by atoms with E-state index in [0.717, 1.165) is 59.8 Å². The molecule has 0 heterocycles. The predicted octanol–water partition coefficient (Wildman–Crippen LogP) is 9.19. The second kappa shape index (κ2) is 10.1. The van der Waals surface area contributed by atoms with Gasteiger partial charge in [-0.25, -0.2) is 0 Å². The van der Waals surface area contributed by atoms with Crippen molar-refractivity contribution in [3.63, 3.8) is 0 Å². The number of halogens is 3. The van der Waals surface area contributed by atoms with E-state index in [0.29, 0.717) is 16.3 Å². The molecule has 0 bridgehead atoms. The molecule has 0 unspecified atom stereocenters. The number of ether oxygens (including phenoxy) is 1. The summed E-state index contributed by atoms with van der Waals surface area (Å²) in [5.74, 6) is -0.303. The lowest BCUT2D eigenvalue weighted by molar-refractivity contribution is -0.274. The molecule has 44 heavy (non-hydrogen) atoms. The van der Waals surface area contributed by atoms with Gasteiger partial charge in [0.1, 0.15) is 5.75 Å². The van der Waals surface area contributed by atoms with Crippen LogP contribution in [0.25, 0.3) is 75.3 Å². The highest BCUT2D eigenvalue weighted by Crippen LogP contribution is 2.36. The number of nitrogens with zero attached hydrogens (tertiary/aromatic N) is 4. The van der Waals surface area contributed by atoms with Crippen molar-refractivity contribution in [1.29, 1.82) is 0 Å². The fourth-order valence-corrected chi connectivity index (χ4v) is 5.95. The third-order valence-electron chi connectivity index (χ3n) is 7.90. The van der Waals surface area contributed by atoms with Gasteiger partial charge >= 0.3 is 6.36 Å². The van der Waals surface area contributed by atoms with Crippen molar-refractivity contribution in [1.82, 2.24) is 0 Å². The van der Waals surface area contributed by atoms with Crippen LogP contribution in [-0.4, -0.2) is 6.36 Å². The third kappa shape index (κ3) is 4.50. The number of aryl methyl sites for hydroxylation is 1. The van der Waals surface area contributed by atoms with Gasteiger partial charge in [-0.15, -0.1) is 23.1 Å². The summed E-state index contributed by atoms with van der Waals surface area (Å²) in [6.07, 6.45) is -4.77. The molecule has 0 aliphatic heterocycles. The Morgan fingerprint density at radius 2 is 0.932 bits per heavy atom. The Morgan fingerprint density at radius 1 is 0.523 bits per heavy atom. The van der Waals surface area contributed by atoms with Gasteiger partial charge in [-0.05, 0) is 87.1 Å². The Balaban J connectivity index is 1.45. The van der Waals surface area contributed by atoms with E-state index in [-0.39, 0.29) is 5.75 Å². The first-order valence-corrected chi connectivity index (χ1v) is 13.5. The van der Waals surface area contributed by atoms with Crippen LogP contribution in [0.3, 0.4) is 0 Å². The Labute approximate surface area is 248 Å². The van der Waals surface area contributed by atoms with Gasteiger partial charge in [-0.3, -0.25) is 0 Å². The molecule has 7 aromatic rings. The largest absolute Gasteiger partial charge is 0.573 e. The molecule has 0 aliphatic rings. The van der Waals surface area contributed by atoms with Crippen LogP contribution in [0, 0.1) is 20.1 Å². The van der Waals surface area contributed by atoms with Crippen LogP contribution in [0.5, 0.6) is 5.75 Å². The van der Waals surface area contributed by atoms with Crippen molar-refractivity contribution >= 4 is 43.1 Å². The van der Waals surface area contributed by atoms with Crippen molar-refractivity contribution in [3.05, 3.63) is 136 Å². The van der Waals surface area contributed by atoms with Gasteiger partial charge in [0.15, 0.2) is 10.7 Å². The van der Waals surface area contributed by atoms with Crippen molar-refractivity contribution in [2.24, 2.45) is 10.2 Å². The molecule has 0 aromatic heterocycles. The number of fused-ring (bicyclic) bond motifs is 6. The Bertz CT molecular complexity index is 2470. The molecule has 0 spiro atoms. The molecule has 0 radical (unpaired) electrons. The van der Waals surface area contributed by atoms with Crippen LogP contribution in [-0.2, 0) is 0 Å². The first-order valence-electron chi connectivity index (χ1n) is 13.5. The van der Waals surface area contributed by atoms with E-state index < -0.39 is 6.36 Å². The minimum absolute atomic E-state index is 0.303. The van der Waals surface area contributed by atoms with Crippen molar-refractivity contribution in [2.45, 2.75) is 13.3 Å². The van der Waals surface area contributed by atoms with E-state index in [1.165, 1.54) is 17.7 Å². The molecule has 0 saturated carbocycles. The molecule has 0 aliphatic carbocycles.